The molecule has 1 aliphatic carbocycles. The Balaban J connectivity index is 1.67. The third-order valence-electron chi connectivity index (χ3n) is 4.76. The third-order valence-corrected chi connectivity index (χ3v) is 4.76. The van der Waals surface area contributed by atoms with Crippen molar-refractivity contribution >= 4 is 5.96 Å². The molecule has 2 fully saturated rings. The number of aliphatic imine (C=N–C) groups is 1. The van der Waals surface area contributed by atoms with E-state index in [4.69, 9.17) is 4.74 Å². The van der Waals surface area contributed by atoms with Crippen LogP contribution in [0, 0.1) is 11.8 Å². The van der Waals surface area contributed by atoms with Crippen molar-refractivity contribution in [2.24, 2.45) is 16.8 Å². The van der Waals surface area contributed by atoms with Crippen LogP contribution in [0.3, 0.4) is 0 Å². The molecule has 0 spiro atoms. The molecule has 1 N–H and O–H groups in total. The van der Waals surface area contributed by atoms with Crippen LogP contribution < -0.4 is 5.32 Å². The van der Waals surface area contributed by atoms with E-state index >= 15 is 0 Å². The number of hydrogen-bond acceptors (Lipinski definition) is 2. The average molecular weight is 281 g/mol. The molecular formula is C16H31N3O. The molecule has 1 atom stereocenters. The van der Waals surface area contributed by atoms with Crippen molar-refractivity contribution in [1.82, 2.24) is 10.2 Å². The fourth-order valence-corrected chi connectivity index (χ4v) is 3.59. The van der Waals surface area contributed by atoms with Crippen molar-refractivity contribution in [3.63, 3.8) is 0 Å². The Morgan fingerprint density at radius 2 is 2.00 bits per heavy atom. The van der Waals surface area contributed by atoms with Gasteiger partial charge in [-0.1, -0.05) is 32.1 Å². The fraction of sp³-hybridized carbons (Fsp3) is 0.938. The lowest BCUT2D eigenvalue weighted by molar-refractivity contribution is 0.157. The first kappa shape index (κ1) is 15.6. The van der Waals surface area contributed by atoms with Crippen LogP contribution in [0.1, 0.15) is 44.9 Å². The monoisotopic (exact) mass is 281 g/mol. The zero-order chi connectivity index (χ0) is 14.2. The summed E-state index contributed by atoms with van der Waals surface area (Å²) in [5.74, 6) is 2.69. The Morgan fingerprint density at radius 1 is 1.20 bits per heavy atom. The van der Waals surface area contributed by atoms with E-state index < -0.39 is 0 Å². The minimum Gasteiger partial charge on any atom is -0.384 e. The molecule has 0 aromatic heterocycles. The Hall–Kier alpha value is -0.770. The highest BCUT2D eigenvalue weighted by atomic mass is 16.5. The van der Waals surface area contributed by atoms with Gasteiger partial charge in [0.1, 0.15) is 0 Å². The molecule has 2 rings (SSSR count). The van der Waals surface area contributed by atoms with E-state index in [1.807, 2.05) is 7.05 Å². The summed E-state index contributed by atoms with van der Waals surface area (Å²) in [6, 6.07) is 0. The molecule has 1 heterocycles. The lowest BCUT2D eigenvalue weighted by Gasteiger charge is -2.24. The maximum absolute atomic E-state index is 5.26. The number of nitrogens with zero attached hydrogens (tertiary/aromatic N) is 2. The second-order valence-electron chi connectivity index (χ2n) is 6.32. The van der Waals surface area contributed by atoms with Crippen LogP contribution in [0.2, 0.25) is 0 Å². The van der Waals surface area contributed by atoms with E-state index in [-0.39, 0.29) is 0 Å². The van der Waals surface area contributed by atoms with E-state index in [2.05, 4.69) is 15.2 Å². The van der Waals surface area contributed by atoms with E-state index in [0.717, 1.165) is 38.1 Å². The Kier molecular flexibility index (Phi) is 6.64. The average Bonchev–Trinajstić information content (AvgIpc) is 2.94. The molecule has 0 aromatic rings. The molecule has 1 saturated carbocycles. The van der Waals surface area contributed by atoms with Gasteiger partial charge in [0.2, 0.25) is 0 Å². The van der Waals surface area contributed by atoms with Crippen LogP contribution in [0.5, 0.6) is 0 Å². The molecule has 0 radical (unpaired) electrons. The summed E-state index contributed by atoms with van der Waals surface area (Å²) in [5, 5.41) is 3.56. The van der Waals surface area contributed by atoms with Crippen molar-refractivity contribution < 1.29 is 4.74 Å². The molecule has 0 aromatic carbocycles. The van der Waals surface area contributed by atoms with E-state index in [1.54, 1.807) is 7.11 Å². The Labute approximate surface area is 124 Å². The molecule has 1 saturated heterocycles. The summed E-state index contributed by atoms with van der Waals surface area (Å²) in [5.41, 5.74) is 0. The smallest absolute Gasteiger partial charge is 0.193 e. The molecule has 4 heteroatoms. The fourth-order valence-electron chi connectivity index (χ4n) is 3.59. The number of guanidine groups is 1. The van der Waals surface area contributed by atoms with Gasteiger partial charge < -0.3 is 15.0 Å². The highest BCUT2D eigenvalue weighted by molar-refractivity contribution is 5.80. The molecule has 1 unspecified atom stereocenters. The predicted molar refractivity (Wildman–Crippen MR) is 84.1 cm³/mol. The summed E-state index contributed by atoms with van der Waals surface area (Å²) < 4.78 is 5.26. The molecule has 2 aliphatic rings. The van der Waals surface area contributed by atoms with Gasteiger partial charge in [0, 0.05) is 39.7 Å². The van der Waals surface area contributed by atoms with Crippen molar-refractivity contribution in [3.05, 3.63) is 0 Å². The number of likely N-dealkylation sites (tertiary alicyclic amines) is 1. The van der Waals surface area contributed by atoms with E-state index in [0.29, 0.717) is 5.92 Å². The van der Waals surface area contributed by atoms with Crippen molar-refractivity contribution in [2.45, 2.75) is 44.9 Å². The second-order valence-corrected chi connectivity index (χ2v) is 6.32. The zero-order valence-electron chi connectivity index (χ0n) is 13.2. The number of hydrogen-bond donors (Lipinski definition) is 1. The van der Waals surface area contributed by atoms with Gasteiger partial charge in [0.15, 0.2) is 5.96 Å². The summed E-state index contributed by atoms with van der Waals surface area (Å²) in [7, 11) is 3.69. The number of rotatable bonds is 5. The SMILES string of the molecule is CN=C(NCCC1CCCCC1)N1CCC(COC)C1. The molecule has 116 valence electrons. The van der Waals surface area contributed by atoms with Crippen molar-refractivity contribution in [3.8, 4) is 0 Å². The zero-order valence-corrected chi connectivity index (χ0v) is 13.2. The number of ether oxygens (including phenoxy) is 1. The van der Waals surface area contributed by atoms with Gasteiger partial charge in [-0.25, -0.2) is 0 Å². The van der Waals surface area contributed by atoms with Gasteiger partial charge in [-0.2, -0.15) is 0 Å². The van der Waals surface area contributed by atoms with Crippen molar-refractivity contribution in [2.75, 3.05) is 40.4 Å². The molecule has 1 aliphatic heterocycles. The highest BCUT2D eigenvalue weighted by Gasteiger charge is 2.24. The summed E-state index contributed by atoms with van der Waals surface area (Å²) in [6.45, 7) is 4.13. The molecule has 0 amide bonds. The van der Waals surface area contributed by atoms with Gasteiger partial charge in [0.25, 0.3) is 0 Å². The molecular weight excluding hydrogens is 250 g/mol. The first-order valence-electron chi connectivity index (χ1n) is 8.28. The van der Waals surface area contributed by atoms with Gasteiger partial charge in [0.05, 0.1) is 6.61 Å². The molecule has 20 heavy (non-hydrogen) atoms. The first-order valence-corrected chi connectivity index (χ1v) is 8.28. The van der Waals surface area contributed by atoms with Crippen LogP contribution in [-0.4, -0.2) is 51.3 Å². The van der Waals surface area contributed by atoms with Crippen LogP contribution in [-0.2, 0) is 4.74 Å². The normalized spacial score (nSPS) is 25.2. The largest absolute Gasteiger partial charge is 0.384 e. The quantitative estimate of drug-likeness (QED) is 0.621. The van der Waals surface area contributed by atoms with Gasteiger partial charge in [-0.05, 0) is 18.8 Å². The standard InChI is InChI=1S/C16H31N3O/c1-17-16(19-11-9-15(12-19)13-20-2)18-10-8-14-6-4-3-5-7-14/h14-15H,3-13H2,1-2H3,(H,17,18). The highest BCUT2D eigenvalue weighted by Crippen LogP contribution is 2.25. The second kappa shape index (κ2) is 8.50. The topological polar surface area (TPSA) is 36.9 Å². The van der Waals surface area contributed by atoms with Crippen LogP contribution >= 0.6 is 0 Å². The molecule has 4 nitrogen and oxygen atoms in total. The maximum Gasteiger partial charge on any atom is 0.193 e. The summed E-state index contributed by atoms with van der Waals surface area (Å²) in [4.78, 5) is 6.82. The van der Waals surface area contributed by atoms with Gasteiger partial charge in [-0.15, -0.1) is 0 Å². The predicted octanol–water partition coefficient (Wildman–Crippen LogP) is 2.50. The van der Waals surface area contributed by atoms with Gasteiger partial charge >= 0.3 is 0 Å². The lowest BCUT2D eigenvalue weighted by atomic mass is 9.87. The minimum absolute atomic E-state index is 0.664. The molecule has 0 bridgehead atoms. The van der Waals surface area contributed by atoms with Crippen LogP contribution in [0.25, 0.3) is 0 Å². The van der Waals surface area contributed by atoms with Crippen LogP contribution in [0.15, 0.2) is 4.99 Å². The Bertz CT molecular complexity index is 300. The minimum atomic E-state index is 0.664. The third kappa shape index (κ3) is 4.65. The number of nitrogens with one attached hydrogen (secondary N) is 1. The van der Waals surface area contributed by atoms with E-state index in [1.165, 1.54) is 44.9 Å². The van der Waals surface area contributed by atoms with Gasteiger partial charge in [-0.3, -0.25) is 4.99 Å². The lowest BCUT2D eigenvalue weighted by Crippen LogP contribution is -2.41. The maximum atomic E-state index is 5.26. The first-order chi connectivity index (χ1) is 9.83. The Morgan fingerprint density at radius 3 is 2.70 bits per heavy atom. The number of methoxy groups -OCH3 is 1. The van der Waals surface area contributed by atoms with Crippen molar-refractivity contribution in [1.29, 1.82) is 0 Å². The van der Waals surface area contributed by atoms with Crippen LogP contribution in [0.4, 0.5) is 0 Å². The van der Waals surface area contributed by atoms with E-state index in [9.17, 15) is 0 Å². The summed E-state index contributed by atoms with van der Waals surface area (Å²) >= 11 is 0. The summed E-state index contributed by atoms with van der Waals surface area (Å²) in [6.07, 6.45) is 9.69.